The Morgan fingerprint density at radius 3 is 1.74 bits per heavy atom. The van der Waals surface area contributed by atoms with Crippen LogP contribution in [-0.4, -0.2) is 102 Å². The predicted molar refractivity (Wildman–Crippen MR) is 181 cm³/mol. The van der Waals surface area contributed by atoms with Crippen molar-refractivity contribution in [1.29, 1.82) is 0 Å². The molecule has 0 bridgehead atoms. The van der Waals surface area contributed by atoms with Crippen molar-refractivity contribution in [3.8, 4) is 0 Å². The maximum Gasteiger partial charge on any atom is 0.338 e. The van der Waals surface area contributed by atoms with Crippen LogP contribution in [0.3, 0.4) is 0 Å². The second-order valence-corrected chi connectivity index (χ2v) is 13.1. The van der Waals surface area contributed by atoms with Crippen molar-refractivity contribution >= 4 is 17.9 Å². The summed E-state index contributed by atoms with van der Waals surface area (Å²) < 4.78 is 56.0. The molecule has 0 saturated carbocycles. The second kappa shape index (κ2) is 15.5. The Hall–Kier alpha value is -5.03. The zero-order valence-electron chi connectivity index (χ0n) is 29.4. The number of ether oxygens (including phenoxy) is 9. The number of hydrogen-bond donors (Lipinski definition) is 0. The molecular weight excluding hydrogens is 690 g/mol. The van der Waals surface area contributed by atoms with E-state index in [0.717, 1.165) is 0 Å². The minimum atomic E-state index is -1.43. The number of benzene rings is 3. The number of carbonyl (C=O) groups is 3. The van der Waals surface area contributed by atoms with Gasteiger partial charge in [0.25, 0.3) is 0 Å². The van der Waals surface area contributed by atoms with Crippen LogP contribution in [0.25, 0.3) is 0 Å². The van der Waals surface area contributed by atoms with Gasteiger partial charge in [-0.05, 0) is 50.2 Å². The molecule has 3 aliphatic heterocycles. The monoisotopic (exact) mass is 729 g/mol. The zero-order chi connectivity index (χ0) is 37.1. The van der Waals surface area contributed by atoms with Gasteiger partial charge in [-0.25, -0.2) is 19.1 Å². The zero-order valence-corrected chi connectivity index (χ0v) is 29.4. The van der Waals surface area contributed by atoms with Crippen LogP contribution >= 0.6 is 0 Å². The van der Waals surface area contributed by atoms with Crippen LogP contribution in [0.15, 0.2) is 97.2 Å². The summed E-state index contributed by atoms with van der Waals surface area (Å²) in [5.41, 5.74) is 1.15. The quantitative estimate of drug-likeness (QED) is 0.161. The van der Waals surface area contributed by atoms with E-state index >= 15 is 0 Å². The Bertz CT molecular complexity index is 1870. The van der Waals surface area contributed by atoms with Gasteiger partial charge < -0.3 is 42.6 Å². The molecular formula is C38H39N3O12. The molecule has 0 amide bonds. The lowest BCUT2D eigenvalue weighted by Crippen LogP contribution is -2.62. The van der Waals surface area contributed by atoms with E-state index in [1.54, 1.807) is 112 Å². The summed E-state index contributed by atoms with van der Waals surface area (Å²) in [6.07, 6.45) is -7.65. The highest BCUT2D eigenvalue weighted by Gasteiger charge is 2.57. The molecule has 15 nitrogen and oxygen atoms in total. The SMILES string of the molecule is CO[C@H]1O[C@H](Cn2nncc2[C@H]2O[C@@H]3OC(C)(C)O[C@@H]3[C@H]2OC)[C@@H](OC(=O)c2ccccc2)[C@H](OC(=O)c2ccccc2)[C@H]1OC(=O)c1ccccc1. The first-order valence-electron chi connectivity index (χ1n) is 17.0. The van der Waals surface area contributed by atoms with Gasteiger partial charge in [0.05, 0.1) is 35.1 Å². The summed E-state index contributed by atoms with van der Waals surface area (Å²) >= 11 is 0. The van der Waals surface area contributed by atoms with E-state index in [1.165, 1.54) is 18.0 Å². The van der Waals surface area contributed by atoms with E-state index in [-0.39, 0.29) is 23.2 Å². The molecule has 0 spiro atoms. The van der Waals surface area contributed by atoms with E-state index in [1.807, 2.05) is 0 Å². The Labute approximate surface area is 304 Å². The first kappa shape index (κ1) is 36.3. The highest BCUT2D eigenvalue weighted by molar-refractivity contribution is 5.91. The van der Waals surface area contributed by atoms with Crippen LogP contribution in [0.5, 0.6) is 0 Å². The fourth-order valence-electron chi connectivity index (χ4n) is 6.69. The standard InChI is InChI=1S/C38H39N3O12/c1-38(2)52-32-29(45-3)27(51-37(32)53-38)25-20-39-40-41(25)21-26-28(48-33(42)22-14-8-5-9-15-22)30(49-34(43)23-16-10-6-11-17-23)31(36(46-4)47-26)50-35(44)24-18-12-7-13-19-24/h5-20,26-32,36-37H,21H2,1-4H3/t26-,27-,28-,29+,30+,31-,32-,36+,37-/m1/s1. The molecule has 15 heteroatoms. The van der Waals surface area contributed by atoms with Gasteiger partial charge in [0.15, 0.2) is 36.7 Å². The normalized spacial score (nSPS) is 28.9. The van der Waals surface area contributed by atoms with E-state index in [4.69, 9.17) is 42.6 Å². The van der Waals surface area contributed by atoms with Crippen LogP contribution in [-0.2, 0) is 49.2 Å². The number of methoxy groups -OCH3 is 2. The number of esters is 3. The molecule has 4 aromatic rings. The van der Waals surface area contributed by atoms with Gasteiger partial charge in [-0.3, -0.25) is 0 Å². The van der Waals surface area contributed by atoms with E-state index in [0.29, 0.717) is 5.69 Å². The lowest BCUT2D eigenvalue weighted by atomic mass is 9.97. The Morgan fingerprint density at radius 2 is 1.21 bits per heavy atom. The highest BCUT2D eigenvalue weighted by Crippen LogP contribution is 2.44. The van der Waals surface area contributed by atoms with Gasteiger partial charge in [-0.1, -0.05) is 59.8 Å². The van der Waals surface area contributed by atoms with Crippen LogP contribution in [0, 0.1) is 0 Å². The second-order valence-electron chi connectivity index (χ2n) is 13.1. The molecule has 3 aromatic carbocycles. The summed E-state index contributed by atoms with van der Waals surface area (Å²) in [6.45, 7) is 3.47. The van der Waals surface area contributed by atoms with Crippen molar-refractivity contribution < 1.29 is 57.0 Å². The van der Waals surface area contributed by atoms with Crippen LogP contribution in [0.4, 0.5) is 0 Å². The minimum Gasteiger partial charge on any atom is -0.452 e. The van der Waals surface area contributed by atoms with Gasteiger partial charge in [0, 0.05) is 14.2 Å². The third kappa shape index (κ3) is 7.71. The Balaban J connectivity index is 1.25. The molecule has 53 heavy (non-hydrogen) atoms. The van der Waals surface area contributed by atoms with Crippen molar-refractivity contribution in [3.05, 3.63) is 120 Å². The number of hydrogen-bond acceptors (Lipinski definition) is 14. The number of carbonyl (C=O) groups excluding carboxylic acids is 3. The highest BCUT2D eigenvalue weighted by atomic mass is 16.8. The van der Waals surface area contributed by atoms with Crippen molar-refractivity contribution in [2.75, 3.05) is 14.2 Å². The average molecular weight is 730 g/mol. The molecule has 3 saturated heterocycles. The molecule has 9 atom stereocenters. The molecule has 0 aliphatic carbocycles. The maximum atomic E-state index is 13.7. The third-order valence-electron chi connectivity index (χ3n) is 9.14. The van der Waals surface area contributed by atoms with Gasteiger partial charge >= 0.3 is 17.9 Å². The Morgan fingerprint density at radius 1 is 0.679 bits per heavy atom. The topological polar surface area (TPSA) is 165 Å². The van der Waals surface area contributed by atoms with Crippen molar-refractivity contribution in [3.63, 3.8) is 0 Å². The lowest BCUT2D eigenvalue weighted by Gasteiger charge is -2.44. The van der Waals surface area contributed by atoms with Crippen LogP contribution in [0.1, 0.15) is 56.7 Å². The van der Waals surface area contributed by atoms with Crippen molar-refractivity contribution in [1.82, 2.24) is 15.0 Å². The summed E-state index contributed by atoms with van der Waals surface area (Å²) in [4.78, 5) is 40.9. The minimum absolute atomic E-state index is 0.112. The molecule has 0 unspecified atom stereocenters. The number of aromatic nitrogens is 3. The summed E-state index contributed by atoms with van der Waals surface area (Å²) in [7, 11) is 2.90. The maximum absolute atomic E-state index is 13.7. The van der Waals surface area contributed by atoms with Crippen molar-refractivity contribution in [2.45, 2.75) is 81.5 Å². The lowest BCUT2D eigenvalue weighted by molar-refractivity contribution is -0.290. The number of nitrogens with zero attached hydrogens (tertiary/aromatic N) is 3. The van der Waals surface area contributed by atoms with Gasteiger partial charge in [-0.2, -0.15) is 0 Å². The molecule has 3 fully saturated rings. The van der Waals surface area contributed by atoms with Gasteiger partial charge in [0.2, 0.25) is 0 Å². The first-order valence-corrected chi connectivity index (χ1v) is 17.0. The first-order chi connectivity index (χ1) is 25.7. The largest absolute Gasteiger partial charge is 0.452 e. The predicted octanol–water partition coefficient (Wildman–Crippen LogP) is 3.89. The van der Waals surface area contributed by atoms with E-state index in [9.17, 15) is 14.4 Å². The Kier molecular flexibility index (Phi) is 10.6. The molecule has 0 N–H and O–H groups in total. The number of fused-ring (bicyclic) bond motifs is 1. The smallest absolute Gasteiger partial charge is 0.338 e. The van der Waals surface area contributed by atoms with E-state index in [2.05, 4.69) is 10.3 Å². The van der Waals surface area contributed by atoms with Crippen molar-refractivity contribution in [2.24, 2.45) is 0 Å². The summed E-state index contributed by atoms with van der Waals surface area (Å²) in [5, 5.41) is 8.44. The molecule has 7 rings (SSSR count). The molecule has 0 radical (unpaired) electrons. The van der Waals surface area contributed by atoms with Gasteiger partial charge in [0.1, 0.15) is 24.4 Å². The van der Waals surface area contributed by atoms with Crippen LogP contribution < -0.4 is 0 Å². The van der Waals surface area contributed by atoms with Crippen LogP contribution in [0.2, 0.25) is 0 Å². The van der Waals surface area contributed by atoms with Gasteiger partial charge in [-0.15, -0.1) is 5.10 Å². The van der Waals surface area contributed by atoms with E-state index < -0.39 is 79.0 Å². The fraction of sp³-hybridized carbons (Fsp3) is 0.395. The average Bonchev–Trinajstić information content (AvgIpc) is 3.85. The molecule has 1 aromatic heterocycles. The third-order valence-corrected chi connectivity index (χ3v) is 9.14. The number of rotatable bonds is 11. The summed E-state index contributed by atoms with van der Waals surface area (Å²) in [5.74, 6) is -3.11. The summed E-state index contributed by atoms with van der Waals surface area (Å²) in [6, 6.07) is 24.8. The fourth-order valence-corrected chi connectivity index (χ4v) is 6.69. The molecule has 4 heterocycles. The molecule has 278 valence electrons. The molecule has 3 aliphatic rings.